The maximum atomic E-state index is 13.4. The normalized spacial score (nSPS) is 13.2. The third kappa shape index (κ3) is 5.61. The van der Waals surface area contributed by atoms with Gasteiger partial charge >= 0.3 is 12.1 Å². The number of methoxy groups -OCH3 is 4. The van der Waals surface area contributed by atoms with Crippen LogP contribution in [-0.4, -0.2) is 53.2 Å². The van der Waals surface area contributed by atoms with Crippen molar-refractivity contribution >= 4 is 12.1 Å². The summed E-state index contributed by atoms with van der Waals surface area (Å²) in [5, 5.41) is 2.79. The van der Waals surface area contributed by atoms with Gasteiger partial charge in [0.05, 0.1) is 28.4 Å². The van der Waals surface area contributed by atoms with Crippen LogP contribution in [0.25, 0.3) is 11.1 Å². The summed E-state index contributed by atoms with van der Waals surface area (Å²) < 4.78 is 27.3. The number of esters is 1. The van der Waals surface area contributed by atoms with Gasteiger partial charge < -0.3 is 29.0 Å². The second-order valence-corrected chi connectivity index (χ2v) is 9.83. The molecule has 8 heteroatoms. The Labute approximate surface area is 245 Å². The molecule has 0 radical (unpaired) electrons. The molecule has 0 heterocycles. The number of alkyl carbamates (subject to hydrolysis) is 1. The van der Waals surface area contributed by atoms with Crippen molar-refractivity contribution in [3.05, 3.63) is 113 Å². The van der Waals surface area contributed by atoms with Gasteiger partial charge in [-0.2, -0.15) is 0 Å². The second-order valence-electron chi connectivity index (χ2n) is 9.83. The highest BCUT2D eigenvalue weighted by Crippen LogP contribution is 2.44. The van der Waals surface area contributed by atoms with Gasteiger partial charge in [-0.1, -0.05) is 66.7 Å². The number of fused-ring (bicyclic) bond motifs is 3. The van der Waals surface area contributed by atoms with E-state index >= 15 is 0 Å². The number of rotatable bonds is 10. The Hall–Kier alpha value is -4.98. The summed E-state index contributed by atoms with van der Waals surface area (Å²) in [4.78, 5) is 26.7. The first-order valence-electron chi connectivity index (χ1n) is 13.5. The second kappa shape index (κ2) is 12.7. The Morgan fingerprint density at radius 2 is 1.33 bits per heavy atom. The molecule has 0 fully saturated rings. The van der Waals surface area contributed by atoms with E-state index in [9.17, 15) is 9.59 Å². The number of nitrogens with one attached hydrogen (secondary N) is 1. The average Bonchev–Trinajstić information content (AvgIpc) is 3.36. The first kappa shape index (κ1) is 28.5. The monoisotopic (exact) mass is 567 g/mol. The van der Waals surface area contributed by atoms with E-state index in [1.54, 1.807) is 38.5 Å². The van der Waals surface area contributed by atoms with Crippen LogP contribution in [0.3, 0.4) is 0 Å². The number of carbonyl (C=O) groups is 2. The van der Waals surface area contributed by atoms with E-state index in [4.69, 9.17) is 23.7 Å². The SMILES string of the molecule is COC(=O)[C@@H](NC(=O)OCC1c2ccccc2-c2ccccc21)[C@H](c1ccc(OC)cc1)c1ccc(OC)cc1OC. The summed E-state index contributed by atoms with van der Waals surface area (Å²) in [5.41, 5.74) is 5.82. The number of carbonyl (C=O) groups excluding carboxylic acids is 2. The molecule has 1 aliphatic rings. The zero-order valence-corrected chi connectivity index (χ0v) is 24.0. The highest BCUT2D eigenvalue weighted by atomic mass is 16.6. The molecule has 1 aliphatic carbocycles. The Balaban J connectivity index is 1.45. The first-order chi connectivity index (χ1) is 20.5. The topological polar surface area (TPSA) is 92.3 Å². The van der Waals surface area contributed by atoms with Gasteiger partial charge in [-0.15, -0.1) is 0 Å². The van der Waals surface area contributed by atoms with Crippen molar-refractivity contribution in [3.63, 3.8) is 0 Å². The quantitative estimate of drug-likeness (QED) is 0.238. The smallest absolute Gasteiger partial charge is 0.407 e. The van der Waals surface area contributed by atoms with Crippen LogP contribution in [-0.2, 0) is 14.3 Å². The summed E-state index contributed by atoms with van der Waals surface area (Å²) in [6.07, 6.45) is -0.738. The molecule has 216 valence electrons. The fourth-order valence-corrected chi connectivity index (χ4v) is 5.61. The van der Waals surface area contributed by atoms with Crippen LogP contribution in [0.1, 0.15) is 34.1 Å². The summed E-state index contributed by atoms with van der Waals surface area (Å²) in [6, 6.07) is 27.6. The standard InChI is InChI=1S/C34H33NO7/c1-38-22-15-13-21(14-16-22)31(28-18-17-23(39-2)19-30(28)40-3)32(33(36)41-4)35-34(37)42-20-29-26-11-7-5-9-24(26)25-10-6-8-12-27(25)29/h5-19,29,31-32H,20H2,1-4H3,(H,35,37)/t31-,32+/m1/s1. The molecule has 0 saturated heterocycles. The Kier molecular flexibility index (Phi) is 8.62. The Bertz CT molecular complexity index is 1520. The van der Waals surface area contributed by atoms with Crippen molar-refractivity contribution in [3.8, 4) is 28.4 Å². The minimum atomic E-state index is -1.14. The van der Waals surface area contributed by atoms with Crippen LogP contribution in [0.2, 0.25) is 0 Å². The lowest BCUT2D eigenvalue weighted by Gasteiger charge is -2.28. The lowest BCUT2D eigenvalue weighted by Crippen LogP contribution is -2.46. The molecule has 8 nitrogen and oxygen atoms in total. The van der Waals surface area contributed by atoms with Gasteiger partial charge in [0.1, 0.15) is 29.9 Å². The molecule has 0 bridgehead atoms. The summed E-state index contributed by atoms with van der Waals surface area (Å²) >= 11 is 0. The fraction of sp³-hybridized carbons (Fsp3) is 0.235. The zero-order chi connectivity index (χ0) is 29.6. The van der Waals surface area contributed by atoms with Gasteiger partial charge in [-0.25, -0.2) is 9.59 Å². The van der Waals surface area contributed by atoms with Gasteiger partial charge in [0.15, 0.2) is 0 Å². The van der Waals surface area contributed by atoms with Gasteiger partial charge in [0, 0.05) is 23.5 Å². The average molecular weight is 568 g/mol. The molecule has 0 saturated carbocycles. The third-order valence-electron chi connectivity index (χ3n) is 7.66. The Morgan fingerprint density at radius 3 is 1.90 bits per heavy atom. The van der Waals surface area contributed by atoms with E-state index in [2.05, 4.69) is 17.4 Å². The van der Waals surface area contributed by atoms with Crippen LogP contribution in [0.5, 0.6) is 17.2 Å². The van der Waals surface area contributed by atoms with Crippen molar-refractivity contribution < 1.29 is 33.3 Å². The van der Waals surface area contributed by atoms with E-state index in [0.29, 0.717) is 22.8 Å². The lowest BCUT2D eigenvalue weighted by atomic mass is 9.84. The predicted molar refractivity (Wildman–Crippen MR) is 158 cm³/mol. The Morgan fingerprint density at radius 1 is 0.738 bits per heavy atom. The molecular formula is C34H33NO7. The van der Waals surface area contributed by atoms with E-state index in [0.717, 1.165) is 27.8 Å². The summed E-state index contributed by atoms with van der Waals surface area (Å²) in [5.74, 6) is 0.269. The molecule has 5 rings (SSSR count). The minimum absolute atomic E-state index is 0.104. The molecule has 0 aromatic heterocycles. The van der Waals surface area contributed by atoms with Crippen molar-refractivity contribution in [2.75, 3.05) is 35.0 Å². The van der Waals surface area contributed by atoms with E-state index in [1.807, 2.05) is 54.6 Å². The number of benzene rings is 4. The van der Waals surface area contributed by atoms with Gasteiger partial charge in [0.25, 0.3) is 0 Å². The van der Waals surface area contributed by atoms with E-state index < -0.39 is 24.0 Å². The minimum Gasteiger partial charge on any atom is -0.497 e. The number of hydrogen-bond donors (Lipinski definition) is 1. The third-order valence-corrected chi connectivity index (χ3v) is 7.66. The van der Waals surface area contributed by atoms with Crippen molar-refractivity contribution in [2.24, 2.45) is 0 Å². The van der Waals surface area contributed by atoms with Crippen molar-refractivity contribution in [1.82, 2.24) is 5.32 Å². The van der Waals surface area contributed by atoms with Crippen LogP contribution in [0.4, 0.5) is 4.79 Å². The van der Waals surface area contributed by atoms with Gasteiger partial charge in [-0.05, 0) is 46.0 Å². The van der Waals surface area contributed by atoms with Crippen LogP contribution < -0.4 is 19.5 Å². The zero-order valence-electron chi connectivity index (χ0n) is 24.0. The summed E-state index contributed by atoms with van der Waals surface area (Å²) in [7, 11) is 5.96. The molecule has 4 aromatic carbocycles. The molecule has 42 heavy (non-hydrogen) atoms. The molecule has 0 aliphatic heterocycles. The highest BCUT2D eigenvalue weighted by Gasteiger charge is 2.36. The lowest BCUT2D eigenvalue weighted by molar-refractivity contribution is -0.143. The maximum Gasteiger partial charge on any atom is 0.407 e. The molecular weight excluding hydrogens is 534 g/mol. The number of amides is 1. The first-order valence-corrected chi connectivity index (χ1v) is 13.5. The van der Waals surface area contributed by atoms with Crippen LogP contribution >= 0.6 is 0 Å². The number of hydrogen-bond acceptors (Lipinski definition) is 7. The van der Waals surface area contributed by atoms with Gasteiger partial charge in [0.2, 0.25) is 0 Å². The highest BCUT2D eigenvalue weighted by molar-refractivity contribution is 5.84. The molecule has 1 amide bonds. The van der Waals surface area contributed by atoms with Crippen LogP contribution in [0.15, 0.2) is 91.0 Å². The van der Waals surface area contributed by atoms with Crippen LogP contribution in [0, 0.1) is 0 Å². The molecule has 4 aromatic rings. The van der Waals surface area contributed by atoms with Crippen molar-refractivity contribution in [1.29, 1.82) is 0 Å². The molecule has 0 spiro atoms. The number of ether oxygens (including phenoxy) is 5. The van der Waals surface area contributed by atoms with E-state index in [-0.39, 0.29) is 12.5 Å². The molecule has 0 unspecified atom stereocenters. The van der Waals surface area contributed by atoms with Gasteiger partial charge in [-0.3, -0.25) is 0 Å². The molecule has 1 N–H and O–H groups in total. The maximum absolute atomic E-state index is 13.4. The molecule has 2 atom stereocenters. The largest absolute Gasteiger partial charge is 0.497 e. The predicted octanol–water partition coefficient (Wildman–Crippen LogP) is 5.92. The fourth-order valence-electron chi connectivity index (χ4n) is 5.61. The van der Waals surface area contributed by atoms with Crippen molar-refractivity contribution in [2.45, 2.75) is 17.9 Å². The van der Waals surface area contributed by atoms with E-state index in [1.165, 1.54) is 14.2 Å². The summed E-state index contributed by atoms with van der Waals surface area (Å²) in [6.45, 7) is 0.104.